The van der Waals surface area contributed by atoms with Gasteiger partial charge in [-0.1, -0.05) is 12.1 Å². The lowest BCUT2D eigenvalue weighted by Gasteiger charge is -2.41. The molecule has 1 amide bonds. The first-order valence-corrected chi connectivity index (χ1v) is 12.8. The Morgan fingerprint density at radius 3 is 2.73 bits per heavy atom. The molecule has 0 atom stereocenters. The van der Waals surface area contributed by atoms with Gasteiger partial charge in [-0.05, 0) is 74.8 Å². The number of hydrogen-bond donors (Lipinski definition) is 4. The zero-order chi connectivity index (χ0) is 25.6. The van der Waals surface area contributed by atoms with Gasteiger partial charge in [0.25, 0.3) is 5.91 Å². The molecule has 3 aromatic heterocycles. The largest absolute Gasteiger partial charge is 0.390 e. The zero-order valence-electron chi connectivity index (χ0n) is 21.0. The first-order valence-electron chi connectivity index (χ1n) is 12.8. The van der Waals surface area contributed by atoms with Gasteiger partial charge in [0, 0.05) is 36.0 Å². The summed E-state index contributed by atoms with van der Waals surface area (Å²) in [5.41, 5.74) is 4.40. The van der Waals surface area contributed by atoms with E-state index in [4.69, 9.17) is 4.98 Å². The molecule has 6 rings (SSSR count). The minimum absolute atomic E-state index is 0.0195. The lowest BCUT2D eigenvalue weighted by Crippen LogP contribution is -2.43. The van der Waals surface area contributed by atoms with Crippen LogP contribution in [0, 0.1) is 12.8 Å². The number of amides is 1. The average molecular weight is 498 g/mol. The van der Waals surface area contributed by atoms with E-state index in [0.29, 0.717) is 29.0 Å². The number of aliphatic hydroxyl groups is 1. The number of aryl methyl sites for hydroxylation is 1. The molecule has 37 heavy (non-hydrogen) atoms. The molecule has 2 fully saturated rings. The molecule has 0 unspecified atom stereocenters. The van der Waals surface area contributed by atoms with E-state index in [9.17, 15) is 9.90 Å². The summed E-state index contributed by atoms with van der Waals surface area (Å²) in [5.74, 6) is 1.86. The molecular weight excluding hydrogens is 466 g/mol. The van der Waals surface area contributed by atoms with Gasteiger partial charge < -0.3 is 21.1 Å². The smallest absolute Gasteiger partial charge is 0.251 e. The number of aromatic nitrogens is 4. The molecule has 4 N–H and O–H groups in total. The Labute approximate surface area is 215 Å². The van der Waals surface area contributed by atoms with Crippen molar-refractivity contribution in [2.45, 2.75) is 51.2 Å². The van der Waals surface area contributed by atoms with Gasteiger partial charge in [-0.2, -0.15) is 9.61 Å². The summed E-state index contributed by atoms with van der Waals surface area (Å²) in [6.07, 6.45) is 8.97. The lowest BCUT2D eigenvalue weighted by molar-refractivity contribution is -0.0524. The van der Waals surface area contributed by atoms with Crippen molar-refractivity contribution < 1.29 is 9.90 Å². The number of fused-ring (bicyclic) bond motifs is 1. The number of rotatable bonds is 8. The van der Waals surface area contributed by atoms with Crippen molar-refractivity contribution in [2.24, 2.45) is 5.92 Å². The molecule has 0 spiro atoms. The third-order valence-electron chi connectivity index (χ3n) is 7.13. The number of benzene rings is 1. The van der Waals surface area contributed by atoms with Crippen LogP contribution >= 0.6 is 0 Å². The molecule has 0 aliphatic heterocycles. The van der Waals surface area contributed by atoms with E-state index in [1.807, 2.05) is 61.0 Å². The molecule has 2 aliphatic carbocycles. The van der Waals surface area contributed by atoms with Gasteiger partial charge in [-0.15, -0.1) is 0 Å². The standard InChI is InChI=1S/C28H31N7O2/c1-17-10-19(5-8-22(17)27(36)33-20-6-7-20)23-16-31-35-25(30-14-18-12-28(2,37)13-18)11-24(34-26(23)35)32-21-4-3-9-29-15-21/h3-5,8-11,15-16,18,20,30,37H,6-7,12-14H2,1-2H3,(H,32,34)(H,33,36). The summed E-state index contributed by atoms with van der Waals surface area (Å²) in [5, 5.41) is 24.7. The number of nitrogens with zero attached hydrogens (tertiary/aromatic N) is 4. The van der Waals surface area contributed by atoms with E-state index in [-0.39, 0.29) is 5.91 Å². The summed E-state index contributed by atoms with van der Waals surface area (Å²) in [6, 6.07) is 11.9. The number of hydrogen-bond acceptors (Lipinski definition) is 7. The van der Waals surface area contributed by atoms with Crippen molar-refractivity contribution in [3.63, 3.8) is 0 Å². The number of nitrogens with one attached hydrogen (secondary N) is 3. The highest BCUT2D eigenvalue weighted by atomic mass is 16.3. The van der Waals surface area contributed by atoms with Gasteiger partial charge in [0.1, 0.15) is 11.6 Å². The molecule has 9 nitrogen and oxygen atoms in total. The molecular formula is C28H31N7O2. The van der Waals surface area contributed by atoms with E-state index in [1.54, 1.807) is 12.4 Å². The Kier molecular flexibility index (Phi) is 5.79. The van der Waals surface area contributed by atoms with Crippen molar-refractivity contribution in [3.8, 4) is 11.1 Å². The molecule has 2 saturated carbocycles. The Morgan fingerprint density at radius 1 is 1.19 bits per heavy atom. The van der Waals surface area contributed by atoms with Crippen LogP contribution in [0.5, 0.6) is 0 Å². The highest BCUT2D eigenvalue weighted by molar-refractivity contribution is 5.97. The molecule has 3 heterocycles. The predicted octanol–water partition coefficient (Wildman–Crippen LogP) is 4.31. The second-order valence-corrected chi connectivity index (χ2v) is 10.6. The van der Waals surface area contributed by atoms with E-state index in [0.717, 1.165) is 60.4 Å². The molecule has 190 valence electrons. The van der Waals surface area contributed by atoms with Gasteiger partial charge in [0.2, 0.25) is 0 Å². The topological polar surface area (TPSA) is 116 Å². The third-order valence-corrected chi connectivity index (χ3v) is 7.13. The Hall–Kier alpha value is -3.98. The van der Waals surface area contributed by atoms with Gasteiger partial charge >= 0.3 is 0 Å². The first kappa shape index (κ1) is 23.4. The summed E-state index contributed by atoms with van der Waals surface area (Å²) in [7, 11) is 0. The van der Waals surface area contributed by atoms with Crippen LogP contribution in [0.2, 0.25) is 0 Å². The van der Waals surface area contributed by atoms with Crippen LogP contribution in [0.3, 0.4) is 0 Å². The third kappa shape index (κ3) is 4.99. The van der Waals surface area contributed by atoms with Gasteiger partial charge in [-0.3, -0.25) is 9.78 Å². The Balaban J connectivity index is 1.33. The van der Waals surface area contributed by atoms with Crippen LogP contribution in [0.25, 0.3) is 16.8 Å². The zero-order valence-corrected chi connectivity index (χ0v) is 21.0. The van der Waals surface area contributed by atoms with Crippen LogP contribution in [-0.4, -0.2) is 48.8 Å². The Morgan fingerprint density at radius 2 is 2.03 bits per heavy atom. The van der Waals surface area contributed by atoms with E-state index in [1.165, 1.54) is 0 Å². The Bertz CT molecular complexity index is 1450. The van der Waals surface area contributed by atoms with Gasteiger partial charge in [-0.25, -0.2) is 4.98 Å². The summed E-state index contributed by atoms with van der Waals surface area (Å²) in [6.45, 7) is 4.58. The van der Waals surface area contributed by atoms with E-state index >= 15 is 0 Å². The second kappa shape index (κ2) is 9.15. The summed E-state index contributed by atoms with van der Waals surface area (Å²) in [4.78, 5) is 21.7. The fourth-order valence-electron chi connectivity index (χ4n) is 5.10. The first-order chi connectivity index (χ1) is 17.8. The molecule has 0 bridgehead atoms. The lowest BCUT2D eigenvalue weighted by atomic mass is 9.72. The quantitative estimate of drug-likeness (QED) is 0.287. The maximum absolute atomic E-state index is 12.6. The van der Waals surface area contributed by atoms with Crippen LogP contribution in [0.1, 0.15) is 48.5 Å². The number of anilines is 3. The normalized spacial score (nSPS) is 20.9. The number of carbonyl (C=O) groups is 1. The van der Waals surface area contributed by atoms with Crippen LogP contribution in [0.4, 0.5) is 17.3 Å². The maximum Gasteiger partial charge on any atom is 0.251 e. The van der Waals surface area contributed by atoms with Crippen LogP contribution in [-0.2, 0) is 0 Å². The van der Waals surface area contributed by atoms with Crippen molar-refractivity contribution in [3.05, 3.63) is 66.1 Å². The SMILES string of the molecule is Cc1cc(-c2cnn3c(NCC4CC(C)(O)C4)cc(Nc4cccnc4)nc23)ccc1C(=O)NC1CC1. The van der Waals surface area contributed by atoms with Crippen molar-refractivity contribution in [2.75, 3.05) is 17.2 Å². The monoisotopic (exact) mass is 497 g/mol. The van der Waals surface area contributed by atoms with Gasteiger partial charge in [0.05, 0.1) is 23.7 Å². The van der Waals surface area contributed by atoms with Crippen molar-refractivity contribution in [1.82, 2.24) is 24.9 Å². The minimum Gasteiger partial charge on any atom is -0.390 e. The fraction of sp³-hybridized carbons (Fsp3) is 0.357. The van der Waals surface area contributed by atoms with E-state index < -0.39 is 5.60 Å². The average Bonchev–Trinajstić information content (AvgIpc) is 3.57. The summed E-state index contributed by atoms with van der Waals surface area (Å²) >= 11 is 0. The summed E-state index contributed by atoms with van der Waals surface area (Å²) < 4.78 is 1.81. The fourth-order valence-corrected chi connectivity index (χ4v) is 5.10. The molecule has 2 aliphatic rings. The molecule has 1 aromatic carbocycles. The highest BCUT2D eigenvalue weighted by Crippen LogP contribution is 2.37. The van der Waals surface area contributed by atoms with Gasteiger partial charge in [0.15, 0.2) is 5.65 Å². The van der Waals surface area contributed by atoms with Crippen molar-refractivity contribution >= 4 is 28.9 Å². The maximum atomic E-state index is 12.6. The highest BCUT2D eigenvalue weighted by Gasteiger charge is 2.38. The number of pyridine rings is 1. The second-order valence-electron chi connectivity index (χ2n) is 10.6. The van der Waals surface area contributed by atoms with Crippen LogP contribution in [0.15, 0.2) is 55.0 Å². The number of carbonyl (C=O) groups excluding carboxylic acids is 1. The molecule has 9 heteroatoms. The van der Waals surface area contributed by atoms with E-state index in [2.05, 4.69) is 26.0 Å². The molecule has 0 saturated heterocycles. The van der Waals surface area contributed by atoms with Crippen molar-refractivity contribution in [1.29, 1.82) is 0 Å². The van der Waals surface area contributed by atoms with Crippen LogP contribution < -0.4 is 16.0 Å². The predicted molar refractivity (Wildman–Crippen MR) is 143 cm³/mol. The molecule has 4 aromatic rings. The minimum atomic E-state index is -0.564. The molecule has 0 radical (unpaired) electrons.